The number of nitrogens with one attached hydrogen (secondary N) is 3. The predicted molar refractivity (Wildman–Crippen MR) is 412 cm³/mol. The van der Waals surface area contributed by atoms with Crippen LogP contribution < -0.4 is 35.9 Å². The first kappa shape index (κ1) is 85.4. The number of nitrogens with zero attached hydrogens (tertiary/aromatic N) is 2. The molecule has 0 saturated heterocycles. The van der Waals surface area contributed by atoms with Crippen LogP contribution in [-0.4, -0.2) is 83.3 Å². The van der Waals surface area contributed by atoms with Gasteiger partial charge < -0.3 is 49.4 Å². The van der Waals surface area contributed by atoms with Crippen molar-refractivity contribution in [2.45, 2.75) is 329 Å². The number of anilines is 1. The van der Waals surface area contributed by atoms with E-state index in [0.29, 0.717) is 65.0 Å². The first-order valence-corrected chi connectivity index (χ1v) is 40.7. The van der Waals surface area contributed by atoms with Crippen molar-refractivity contribution < 1.29 is 42.9 Å². The maximum Gasteiger partial charge on any atom is 0.407 e. The van der Waals surface area contributed by atoms with Crippen LogP contribution >= 0.6 is 0 Å². The van der Waals surface area contributed by atoms with E-state index in [-0.39, 0.29) is 38.5 Å². The van der Waals surface area contributed by atoms with Gasteiger partial charge in [-0.15, -0.1) is 0 Å². The summed E-state index contributed by atoms with van der Waals surface area (Å²) in [6, 6.07) is 18.2. The number of carboxylic acids is 1. The van der Waals surface area contributed by atoms with Gasteiger partial charge in [-0.1, -0.05) is 341 Å². The van der Waals surface area contributed by atoms with Gasteiger partial charge >= 0.3 is 18.3 Å². The molecule has 0 radical (unpaired) electrons. The number of ether oxygens (including phenoxy) is 3. The van der Waals surface area contributed by atoms with E-state index in [1.165, 1.54) is 257 Å². The first-order chi connectivity index (χ1) is 48.7. The van der Waals surface area contributed by atoms with Crippen molar-refractivity contribution in [2.75, 3.05) is 64.0 Å². The molecule has 0 bridgehead atoms. The highest BCUT2D eigenvalue weighted by atomic mass is 16.6. The molecule has 0 unspecified atom stereocenters. The maximum absolute atomic E-state index is 13.1. The van der Waals surface area contributed by atoms with Gasteiger partial charge in [0.1, 0.15) is 18.0 Å². The van der Waals surface area contributed by atoms with E-state index >= 15 is 0 Å². The van der Waals surface area contributed by atoms with Gasteiger partial charge in [0, 0.05) is 59.5 Å². The predicted octanol–water partition coefficient (Wildman–Crippen LogP) is 22.3. The molecular formula is C85H139N5O9. The van der Waals surface area contributed by atoms with Gasteiger partial charge in [0.05, 0.1) is 18.6 Å². The summed E-state index contributed by atoms with van der Waals surface area (Å²) in [6.07, 6.45) is 62.1. The molecule has 1 aliphatic heterocycles. The van der Waals surface area contributed by atoms with Crippen molar-refractivity contribution in [3.8, 4) is 22.5 Å². The Kier molecular flexibility index (Phi) is 50.5. The number of alkyl carbamates (subject to hydrolysis) is 3. The Morgan fingerprint density at radius 2 is 0.788 bits per heavy atom. The fraction of sp³-hybridized carbons (Fsp3) is 0.706. The van der Waals surface area contributed by atoms with E-state index in [1.807, 2.05) is 45.9 Å². The molecule has 99 heavy (non-hydrogen) atoms. The third-order valence-corrected chi connectivity index (χ3v) is 19.7. The van der Waals surface area contributed by atoms with Crippen LogP contribution in [0.5, 0.6) is 0 Å². The zero-order valence-corrected chi connectivity index (χ0v) is 62.9. The number of hydrogen-bond donors (Lipinski definition) is 3. The lowest BCUT2D eigenvalue weighted by Crippen LogP contribution is -2.38. The molecule has 1 aliphatic carbocycles. The standard InChI is InChI=1S/C85H139N5O9/c1-5-9-12-15-18-21-24-27-30-33-36-39-42-45-48-53-62-86-83(93)96-68-65-89(8-4)73-58-60-77-79(71-73)99-80-72-74(59-61-78(80)81(77)75-56-51-52-57-76(75)82(91)92)90(66-69-97-84(94)87-63-54-49-46-43-40-37-34-31-28-25-22-19-16-13-10-6-2)67-70-98-85(95)88-64-55-50-47-44-41-38-35-32-29-26-23-20-17-14-11-7-3/h8,51-52,56-61,71-72H,4-7,9-50,53-55,62-70H2,1-3H3,(H3-,86,87,88,91,92,93,94,95). The van der Waals surface area contributed by atoms with Crippen LogP contribution in [0.25, 0.3) is 33.4 Å². The Balaban J connectivity index is 1.35. The van der Waals surface area contributed by atoms with E-state index in [0.717, 1.165) is 57.1 Å². The second-order valence-corrected chi connectivity index (χ2v) is 28.1. The summed E-state index contributed by atoms with van der Waals surface area (Å²) >= 11 is 0. The maximum atomic E-state index is 13.1. The number of unbranched alkanes of at least 4 members (excludes halogenated alkanes) is 45. The number of amides is 3. The number of fused-ring (bicyclic) bond motifs is 2. The van der Waals surface area contributed by atoms with Gasteiger partial charge in [0.15, 0.2) is 26.3 Å². The van der Waals surface area contributed by atoms with Gasteiger partial charge in [-0.3, -0.25) is 0 Å². The van der Waals surface area contributed by atoms with Crippen LogP contribution in [0.4, 0.5) is 20.1 Å². The molecule has 3 amide bonds. The Bertz CT molecular complexity index is 2700. The molecule has 558 valence electrons. The summed E-state index contributed by atoms with van der Waals surface area (Å²) in [4.78, 5) is 53.5. The minimum absolute atomic E-state index is 0.0366. The molecule has 4 rings (SSSR count). The highest BCUT2D eigenvalue weighted by Crippen LogP contribution is 2.42. The van der Waals surface area contributed by atoms with Crippen molar-refractivity contribution in [2.24, 2.45) is 0 Å². The van der Waals surface area contributed by atoms with Gasteiger partial charge in [0.2, 0.25) is 5.36 Å². The van der Waals surface area contributed by atoms with Crippen molar-refractivity contribution in [1.29, 1.82) is 0 Å². The molecule has 0 fully saturated rings. The Morgan fingerprint density at radius 1 is 0.434 bits per heavy atom. The van der Waals surface area contributed by atoms with E-state index in [4.69, 9.17) is 18.6 Å². The molecule has 2 aliphatic rings. The number of benzene rings is 3. The van der Waals surface area contributed by atoms with Crippen LogP contribution in [0.3, 0.4) is 0 Å². The van der Waals surface area contributed by atoms with Crippen molar-refractivity contribution in [3.63, 3.8) is 0 Å². The summed E-state index contributed by atoms with van der Waals surface area (Å²) in [5, 5.41) is 22.9. The second-order valence-electron chi connectivity index (χ2n) is 28.1. The number of aromatic carboxylic acids is 1. The molecule has 2 aromatic carbocycles. The monoisotopic (exact) mass is 1370 g/mol. The molecule has 14 heteroatoms. The molecule has 0 spiro atoms. The van der Waals surface area contributed by atoms with Gasteiger partial charge in [-0.25, -0.2) is 19.0 Å². The number of hydrogen-bond acceptors (Lipinski definition) is 10. The smallest absolute Gasteiger partial charge is 0.407 e. The van der Waals surface area contributed by atoms with Crippen molar-refractivity contribution in [3.05, 3.63) is 84.4 Å². The Morgan fingerprint density at radius 3 is 1.15 bits per heavy atom. The number of rotatable bonds is 64. The topological polar surface area (TPSA) is 175 Å². The Hall–Kier alpha value is -6.05. The number of carbonyl (C=O) groups excluding carboxylic acids is 4. The van der Waals surface area contributed by atoms with E-state index < -0.39 is 24.2 Å². The molecular weight excluding hydrogens is 1230 g/mol. The van der Waals surface area contributed by atoms with Crippen LogP contribution in [-0.2, 0) is 14.2 Å². The average Bonchev–Trinajstić information content (AvgIpc) is 0.750. The van der Waals surface area contributed by atoms with Crippen molar-refractivity contribution in [1.82, 2.24) is 20.5 Å². The summed E-state index contributed by atoms with van der Waals surface area (Å²) in [5.74, 6) is -0.836. The van der Waals surface area contributed by atoms with Crippen LogP contribution in [0, 0.1) is 0 Å². The third kappa shape index (κ3) is 40.3. The van der Waals surface area contributed by atoms with E-state index in [9.17, 15) is 24.3 Å². The summed E-state index contributed by atoms with van der Waals surface area (Å²) in [7, 11) is 0. The second kappa shape index (κ2) is 58.6. The minimum atomic E-state index is -1.30. The quantitative estimate of drug-likeness (QED) is 0.0167. The summed E-state index contributed by atoms with van der Waals surface area (Å²) in [5.41, 5.74) is 3.03. The fourth-order valence-electron chi connectivity index (χ4n) is 13.6. The molecule has 1 heterocycles. The lowest BCUT2D eigenvalue weighted by Gasteiger charge is -2.22. The highest BCUT2D eigenvalue weighted by molar-refractivity contribution is 6.07. The van der Waals surface area contributed by atoms with Gasteiger partial charge in [-0.05, 0) is 49.2 Å². The van der Waals surface area contributed by atoms with Crippen LogP contribution in [0.1, 0.15) is 339 Å². The van der Waals surface area contributed by atoms with Gasteiger partial charge in [-0.2, -0.15) is 0 Å². The fourth-order valence-corrected chi connectivity index (χ4v) is 13.6. The lowest BCUT2D eigenvalue weighted by molar-refractivity contribution is -0.255. The zero-order chi connectivity index (χ0) is 70.7. The summed E-state index contributed by atoms with van der Waals surface area (Å²) < 4.78 is 25.9. The largest absolute Gasteiger partial charge is 0.545 e. The third-order valence-electron chi connectivity index (χ3n) is 19.7. The number of carboxylic acid groups (broad SMARTS) is 1. The molecule has 0 atom stereocenters. The van der Waals surface area contributed by atoms with Crippen LogP contribution in [0.2, 0.25) is 0 Å². The molecule has 0 aromatic heterocycles. The van der Waals surface area contributed by atoms with E-state index in [1.54, 1.807) is 30.5 Å². The minimum Gasteiger partial charge on any atom is -0.545 e. The summed E-state index contributed by atoms with van der Waals surface area (Å²) in [6.45, 7) is 13.7. The SMILES string of the molecule is C=CN(CCOC(=O)NCCCCCCCCCCCCCCCCCC)c1ccc2c(-c3ccccc3C(=O)[O-])c3ccc(=[N+](CCOC(=O)NCCCCCCCCCCCCCCCCCC)CCOC(=O)NCCCCCCCCCCCCCCCCCC)cc-3oc2c1. The first-order valence-electron chi connectivity index (χ1n) is 40.7. The highest BCUT2D eigenvalue weighted by Gasteiger charge is 2.23. The Labute approximate surface area is 601 Å². The van der Waals surface area contributed by atoms with Crippen molar-refractivity contribution >= 4 is 40.9 Å². The van der Waals surface area contributed by atoms with E-state index in [2.05, 4.69) is 43.3 Å². The molecule has 14 nitrogen and oxygen atoms in total. The van der Waals surface area contributed by atoms with Crippen LogP contribution in [0.15, 0.2) is 77.9 Å². The van der Waals surface area contributed by atoms with Gasteiger partial charge in [0.25, 0.3) is 0 Å². The molecule has 3 N–H and O–H groups in total. The molecule has 0 saturated carbocycles. The molecule has 2 aromatic rings. The number of carbonyl (C=O) groups is 4. The normalized spacial score (nSPS) is 11.3. The zero-order valence-electron chi connectivity index (χ0n) is 62.9. The average molecular weight is 1380 g/mol. The lowest BCUT2D eigenvalue weighted by atomic mass is 9.90.